The first-order chi connectivity index (χ1) is 7.15. The molecule has 0 spiro atoms. The van der Waals surface area contributed by atoms with E-state index in [-0.39, 0.29) is 11.1 Å². The van der Waals surface area contributed by atoms with Crippen LogP contribution in [0.4, 0.5) is 0 Å². The molecule has 2 aromatic rings. The minimum absolute atomic E-state index is 0.202. The van der Waals surface area contributed by atoms with Gasteiger partial charge in [-0.05, 0) is 25.0 Å². The van der Waals surface area contributed by atoms with Crippen molar-refractivity contribution in [1.29, 1.82) is 5.26 Å². The summed E-state index contributed by atoms with van der Waals surface area (Å²) in [7, 11) is 0. The summed E-state index contributed by atoms with van der Waals surface area (Å²) in [6.45, 7) is 3.74. The van der Waals surface area contributed by atoms with Gasteiger partial charge in [0, 0.05) is 5.39 Å². The van der Waals surface area contributed by atoms with Gasteiger partial charge in [-0.15, -0.1) is 0 Å². The lowest BCUT2D eigenvalue weighted by atomic mass is 10.0. The fraction of sp³-hybridized carbons (Fsp3) is 0.167. The Labute approximate surface area is 87.0 Å². The van der Waals surface area contributed by atoms with Crippen molar-refractivity contribution >= 4 is 10.9 Å². The SMILES string of the molecule is Cc1c(C#N)c(=O)[nH]c2c(C)cccc12. The molecule has 0 aliphatic carbocycles. The molecule has 3 nitrogen and oxygen atoms in total. The van der Waals surface area contributed by atoms with Gasteiger partial charge in [-0.3, -0.25) is 4.79 Å². The van der Waals surface area contributed by atoms with Crippen LogP contribution in [0.1, 0.15) is 16.7 Å². The summed E-state index contributed by atoms with van der Waals surface area (Å²) in [6.07, 6.45) is 0. The van der Waals surface area contributed by atoms with E-state index in [0.29, 0.717) is 0 Å². The number of para-hydroxylation sites is 1. The van der Waals surface area contributed by atoms with Crippen molar-refractivity contribution in [2.24, 2.45) is 0 Å². The zero-order valence-electron chi connectivity index (χ0n) is 8.59. The number of aromatic amines is 1. The van der Waals surface area contributed by atoms with Crippen molar-refractivity contribution in [1.82, 2.24) is 4.98 Å². The highest BCUT2D eigenvalue weighted by molar-refractivity contribution is 5.86. The van der Waals surface area contributed by atoms with Crippen molar-refractivity contribution in [2.45, 2.75) is 13.8 Å². The van der Waals surface area contributed by atoms with E-state index in [1.54, 1.807) is 6.92 Å². The standard InChI is InChI=1S/C12H10N2O/c1-7-4-3-5-9-8(2)10(6-13)12(15)14-11(7)9/h3-5H,1-2H3,(H,14,15). The van der Waals surface area contributed by atoms with Crippen LogP contribution in [0.2, 0.25) is 0 Å². The van der Waals surface area contributed by atoms with Crippen molar-refractivity contribution in [3.05, 3.63) is 45.2 Å². The van der Waals surface area contributed by atoms with Gasteiger partial charge in [0.2, 0.25) is 0 Å². The minimum atomic E-state index is -0.309. The Bertz CT molecular complexity index is 632. The number of fused-ring (bicyclic) bond motifs is 1. The summed E-state index contributed by atoms with van der Waals surface area (Å²) < 4.78 is 0. The van der Waals surface area contributed by atoms with Crippen molar-refractivity contribution < 1.29 is 0 Å². The summed E-state index contributed by atoms with van der Waals surface area (Å²) in [5.74, 6) is 0. The summed E-state index contributed by atoms with van der Waals surface area (Å²) in [5, 5.41) is 9.79. The summed E-state index contributed by atoms with van der Waals surface area (Å²) in [5.41, 5.74) is 2.47. The van der Waals surface area contributed by atoms with E-state index in [0.717, 1.165) is 22.0 Å². The predicted molar refractivity (Wildman–Crippen MR) is 58.8 cm³/mol. The van der Waals surface area contributed by atoms with Gasteiger partial charge in [-0.25, -0.2) is 0 Å². The molecule has 0 amide bonds. The van der Waals surface area contributed by atoms with Gasteiger partial charge in [0.25, 0.3) is 5.56 Å². The van der Waals surface area contributed by atoms with E-state index in [1.165, 1.54) is 0 Å². The average Bonchev–Trinajstić information content (AvgIpc) is 2.20. The van der Waals surface area contributed by atoms with Gasteiger partial charge in [-0.1, -0.05) is 18.2 Å². The van der Waals surface area contributed by atoms with Crippen LogP contribution in [-0.2, 0) is 0 Å². The molecule has 15 heavy (non-hydrogen) atoms. The maximum absolute atomic E-state index is 11.6. The molecule has 0 fully saturated rings. The van der Waals surface area contributed by atoms with Crippen LogP contribution in [0, 0.1) is 25.2 Å². The van der Waals surface area contributed by atoms with Gasteiger partial charge in [0.15, 0.2) is 0 Å². The lowest BCUT2D eigenvalue weighted by Crippen LogP contribution is -2.12. The normalized spacial score (nSPS) is 10.2. The second-order valence-corrected chi connectivity index (χ2v) is 3.56. The maximum Gasteiger partial charge on any atom is 0.266 e. The third kappa shape index (κ3) is 1.31. The second kappa shape index (κ2) is 3.25. The zero-order chi connectivity index (χ0) is 11.0. The molecular formula is C12H10N2O. The summed E-state index contributed by atoms with van der Waals surface area (Å²) >= 11 is 0. The van der Waals surface area contributed by atoms with E-state index >= 15 is 0 Å². The van der Waals surface area contributed by atoms with E-state index in [2.05, 4.69) is 4.98 Å². The second-order valence-electron chi connectivity index (χ2n) is 3.56. The Hall–Kier alpha value is -2.08. The van der Waals surface area contributed by atoms with Crippen LogP contribution in [-0.4, -0.2) is 4.98 Å². The lowest BCUT2D eigenvalue weighted by Gasteiger charge is -2.05. The highest BCUT2D eigenvalue weighted by atomic mass is 16.1. The highest BCUT2D eigenvalue weighted by Crippen LogP contribution is 2.19. The summed E-state index contributed by atoms with van der Waals surface area (Å²) in [6, 6.07) is 7.70. The Kier molecular flexibility index (Phi) is 2.05. The first-order valence-corrected chi connectivity index (χ1v) is 4.67. The Morgan fingerprint density at radius 3 is 2.73 bits per heavy atom. The fourth-order valence-corrected chi connectivity index (χ4v) is 1.76. The van der Waals surface area contributed by atoms with Crippen LogP contribution in [0.5, 0.6) is 0 Å². The topological polar surface area (TPSA) is 56.6 Å². The number of H-pyrrole nitrogens is 1. The molecular weight excluding hydrogens is 188 g/mol. The number of nitrogens with zero attached hydrogens (tertiary/aromatic N) is 1. The molecule has 3 heteroatoms. The first-order valence-electron chi connectivity index (χ1n) is 4.67. The molecule has 1 aromatic heterocycles. The monoisotopic (exact) mass is 198 g/mol. The molecule has 0 unspecified atom stereocenters. The quantitative estimate of drug-likeness (QED) is 0.704. The van der Waals surface area contributed by atoms with Gasteiger partial charge >= 0.3 is 0 Å². The molecule has 0 aliphatic rings. The third-order valence-corrected chi connectivity index (χ3v) is 2.63. The zero-order valence-corrected chi connectivity index (χ0v) is 8.59. The van der Waals surface area contributed by atoms with Gasteiger partial charge < -0.3 is 4.98 Å². The minimum Gasteiger partial charge on any atom is -0.321 e. The van der Waals surface area contributed by atoms with Crippen molar-refractivity contribution in [2.75, 3.05) is 0 Å². The molecule has 74 valence electrons. The highest BCUT2D eigenvalue weighted by Gasteiger charge is 2.08. The number of benzene rings is 1. The summed E-state index contributed by atoms with van der Waals surface area (Å²) in [4.78, 5) is 14.3. The number of nitrogens with one attached hydrogen (secondary N) is 1. The van der Waals surface area contributed by atoms with E-state index in [4.69, 9.17) is 5.26 Å². The van der Waals surface area contributed by atoms with Crippen LogP contribution in [0.15, 0.2) is 23.0 Å². The average molecular weight is 198 g/mol. The van der Waals surface area contributed by atoms with Crippen LogP contribution >= 0.6 is 0 Å². The Morgan fingerprint density at radius 2 is 2.07 bits per heavy atom. The molecule has 0 atom stereocenters. The van der Waals surface area contributed by atoms with E-state index < -0.39 is 0 Å². The Morgan fingerprint density at radius 1 is 1.33 bits per heavy atom. The largest absolute Gasteiger partial charge is 0.321 e. The van der Waals surface area contributed by atoms with Crippen LogP contribution in [0.25, 0.3) is 10.9 Å². The molecule has 1 heterocycles. The van der Waals surface area contributed by atoms with Gasteiger partial charge in [-0.2, -0.15) is 5.26 Å². The smallest absolute Gasteiger partial charge is 0.266 e. The molecule has 0 saturated heterocycles. The third-order valence-electron chi connectivity index (χ3n) is 2.63. The molecule has 0 saturated carbocycles. The van der Waals surface area contributed by atoms with E-state index in [9.17, 15) is 4.79 Å². The number of aromatic nitrogens is 1. The molecule has 1 N–H and O–H groups in total. The van der Waals surface area contributed by atoms with Crippen molar-refractivity contribution in [3.63, 3.8) is 0 Å². The number of pyridine rings is 1. The molecule has 0 radical (unpaired) electrons. The van der Waals surface area contributed by atoms with Crippen LogP contribution < -0.4 is 5.56 Å². The number of hydrogen-bond acceptors (Lipinski definition) is 2. The van der Waals surface area contributed by atoms with E-state index in [1.807, 2.05) is 31.2 Å². The molecule has 0 aliphatic heterocycles. The van der Waals surface area contributed by atoms with Crippen molar-refractivity contribution in [3.8, 4) is 6.07 Å². The number of rotatable bonds is 0. The first kappa shape index (κ1) is 9.47. The molecule has 0 bridgehead atoms. The number of aryl methyl sites for hydroxylation is 2. The van der Waals surface area contributed by atoms with Gasteiger partial charge in [0.1, 0.15) is 11.6 Å². The number of nitriles is 1. The maximum atomic E-state index is 11.6. The lowest BCUT2D eigenvalue weighted by molar-refractivity contribution is 1.23. The molecule has 2 rings (SSSR count). The van der Waals surface area contributed by atoms with Gasteiger partial charge in [0.05, 0.1) is 5.52 Å². The fourth-order valence-electron chi connectivity index (χ4n) is 1.76. The number of hydrogen-bond donors (Lipinski definition) is 1. The van der Waals surface area contributed by atoms with Crippen LogP contribution in [0.3, 0.4) is 0 Å². The molecule has 1 aromatic carbocycles. The predicted octanol–water partition coefficient (Wildman–Crippen LogP) is 2.02. The Balaban J connectivity index is 3.06.